The SMILES string of the molecule is COc1cccc2c1OC1(CCN(C(=O)CNC(C)=O)CC1)[C@H]1CCCO[C@H]21. The van der Waals surface area contributed by atoms with Gasteiger partial charge < -0.3 is 24.4 Å². The maximum Gasteiger partial charge on any atom is 0.241 e. The number of amides is 2. The van der Waals surface area contributed by atoms with Gasteiger partial charge in [-0.25, -0.2) is 0 Å². The molecule has 0 aromatic heterocycles. The van der Waals surface area contributed by atoms with Crippen LogP contribution in [0.3, 0.4) is 0 Å². The molecule has 1 aromatic rings. The van der Waals surface area contributed by atoms with E-state index in [0.29, 0.717) is 13.1 Å². The number of likely N-dealkylation sites (tertiary alicyclic amines) is 1. The number of methoxy groups -OCH3 is 1. The minimum Gasteiger partial charge on any atom is -0.493 e. The van der Waals surface area contributed by atoms with Gasteiger partial charge in [-0.2, -0.15) is 0 Å². The van der Waals surface area contributed by atoms with E-state index in [1.165, 1.54) is 6.92 Å². The number of hydrogen-bond acceptors (Lipinski definition) is 5. The lowest BCUT2D eigenvalue weighted by atomic mass is 9.70. The van der Waals surface area contributed by atoms with Crippen LogP contribution in [0, 0.1) is 5.92 Å². The monoisotopic (exact) mass is 388 g/mol. The van der Waals surface area contributed by atoms with Gasteiger partial charge in [0.15, 0.2) is 11.5 Å². The number of benzene rings is 1. The Bertz CT molecular complexity index is 757. The second-order valence-electron chi connectivity index (χ2n) is 7.88. The molecule has 0 bridgehead atoms. The molecule has 1 spiro atoms. The van der Waals surface area contributed by atoms with Gasteiger partial charge in [0.05, 0.1) is 19.8 Å². The molecule has 3 aliphatic heterocycles. The van der Waals surface area contributed by atoms with Crippen LogP contribution in [0.4, 0.5) is 0 Å². The van der Waals surface area contributed by atoms with E-state index in [1.54, 1.807) is 7.11 Å². The molecule has 1 aromatic carbocycles. The quantitative estimate of drug-likeness (QED) is 0.858. The number of carbonyl (C=O) groups is 2. The van der Waals surface area contributed by atoms with Crippen molar-refractivity contribution in [1.82, 2.24) is 10.2 Å². The third-order valence-corrected chi connectivity index (χ3v) is 6.29. The van der Waals surface area contributed by atoms with Gasteiger partial charge in [0, 0.05) is 50.9 Å². The zero-order valence-corrected chi connectivity index (χ0v) is 16.5. The Hall–Kier alpha value is -2.28. The fraction of sp³-hybridized carbons (Fsp3) is 0.619. The topological polar surface area (TPSA) is 77.1 Å². The molecule has 7 heteroatoms. The zero-order chi connectivity index (χ0) is 19.7. The number of piperidine rings is 1. The minimum atomic E-state index is -0.350. The number of fused-ring (bicyclic) bond motifs is 4. The van der Waals surface area contributed by atoms with Crippen molar-refractivity contribution < 1.29 is 23.8 Å². The van der Waals surface area contributed by atoms with Gasteiger partial charge in [-0.3, -0.25) is 9.59 Å². The van der Waals surface area contributed by atoms with Crippen LogP contribution >= 0.6 is 0 Å². The molecule has 2 fully saturated rings. The van der Waals surface area contributed by atoms with Crippen molar-refractivity contribution >= 4 is 11.8 Å². The lowest BCUT2D eigenvalue weighted by Crippen LogP contribution is -2.58. The van der Waals surface area contributed by atoms with E-state index < -0.39 is 0 Å². The van der Waals surface area contributed by atoms with Gasteiger partial charge >= 0.3 is 0 Å². The summed E-state index contributed by atoms with van der Waals surface area (Å²) in [6.45, 7) is 3.46. The van der Waals surface area contributed by atoms with Crippen LogP contribution in [-0.2, 0) is 14.3 Å². The van der Waals surface area contributed by atoms with Crippen molar-refractivity contribution in [2.24, 2.45) is 5.92 Å². The Morgan fingerprint density at radius 2 is 2.11 bits per heavy atom. The number of para-hydroxylation sites is 1. The molecule has 3 aliphatic rings. The highest BCUT2D eigenvalue weighted by Crippen LogP contribution is 2.55. The molecule has 2 saturated heterocycles. The molecule has 0 unspecified atom stereocenters. The third-order valence-electron chi connectivity index (χ3n) is 6.29. The van der Waals surface area contributed by atoms with E-state index in [-0.39, 0.29) is 36.0 Å². The molecule has 28 heavy (non-hydrogen) atoms. The van der Waals surface area contributed by atoms with Crippen LogP contribution in [0.1, 0.15) is 44.3 Å². The maximum absolute atomic E-state index is 12.4. The summed E-state index contributed by atoms with van der Waals surface area (Å²) in [5.74, 6) is 1.55. The molecule has 2 amide bonds. The highest BCUT2D eigenvalue weighted by Gasteiger charge is 2.53. The standard InChI is InChI=1S/C21H28N2O5/c1-14(24)22-13-18(25)23-10-8-21(9-11-23)16-6-4-12-27-19(16)15-5-3-7-17(26-2)20(15)28-21/h3,5,7,16,19H,4,6,8-13H2,1-2H3,(H,22,24)/t16-,19+/m0/s1. The average molecular weight is 388 g/mol. The summed E-state index contributed by atoms with van der Waals surface area (Å²) < 4.78 is 18.4. The van der Waals surface area contributed by atoms with Gasteiger partial charge in [-0.05, 0) is 18.9 Å². The van der Waals surface area contributed by atoms with Crippen LogP contribution in [0.2, 0.25) is 0 Å². The first-order valence-corrected chi connectivity index (χ1v) is 10.0. The Morgan fingerprint density at radius 1 is 1.32 bits per heavy atom. The van der Waals surface area contributed by atoms with Gasteiger partial charge in [-0.15, -0.1) is 0 Å². The molecule has 3 heterocycles. The Morgan fingerprint density at radius 3 is 2.82 bits per heavy atom. The maximum atomic E-state index is 12.4. The van der Waals surface area contributed by atoms with E-state index >= 15 is 0 Å². The Kier molecular flexibility index (Phi) is 5.19. The lowest BCUT2D eigenvalue weighted by Gasteiger charge is -2.53. The second-order valence-corrected chi connectivity index (χ2v) is 7.88. The summed E-state index contributed by atoms with van der Waals surface area (Å²) in [4.78, 5) is 25.3. The normalized spacial score (nSPS) is 25.3. The molecular weight excluding hydrogens is 360 g/mol. The van der Waals surface area contributed by atoms with Crippen molar-refractivity contribution in [3.8, 4) is 11.5 Å². The van der Waals surface area contributed by atoms with E-state index in [0.717, 1.165) is 49.4 Å². The molecule has 0 saturated carbocycles. The summed E-state index contributed by atoms with van der Waals surface area (Å²) in [6.07, 6.45) is 3.59. The fourth-order valence-electron chi connectivity index (χ4n) is 4.85. The third kappa shape index (κ3) is 3.32. The van der Waals surface area contributed by atoms with Crippen LogP contribution in [0.25, 0.3) is 0 Å². The first-order chi connectivity index (χ1) is 13.5. The van der Waals surface area contributed by atoms with E-state index in [4.69, 9.17) is 14.2 Å². The van der Waals surface area contributed by atoms with Crippen LogP contribution in [0.5, 0.6) is 11.5 Å². The molecule has 2 atom stereocenters. The van der Waals surface area contributed by atoms with Crippen molar-refractivity contribution in [3.05, 3.63) is 23.8 Å². The van der Waals surface area contributed by atoms with Crippen molar-refractivity contribution in [2.75, 3.05) is 33.4 Å². The summed E-state index contributed by atoms with van der Waals surface area (Å²) in [5.41, 5.74) is 0.719. The summed E-state index contributed by atoms with van der Waals surface area (Å²) in [7, 11) is 1.66. The summed E-state index contributed by atoms with van der Waals surface area (Å²) in [5, 5.41) is 2.59. The number of hydrogen-bond donors (Lipinski definition) is 1. The van der Waals surface area contributed by atoms with Crippen LogP contribution in [0.15, 0.2) is 18.2 Å². The largest absolute Gasteiger partial charge is 0.493 e. The molecule has 0 radical (unpaired) electrons. The fourth-order valence-corrected chi connectivity index (χ4v) is 4.85. The smallest absolute Gasteiger partial charge is 0.241 e. The van der Waals surface area contributed by atoms with Crippen LogP contribution in [-0.4, -0.2) is 55.7 Å². The molecule has 4 rings (SSSR count). The van der Waals surface area contributed by atoms with Gasteiger partial charge in [0.1, 0.15) is 5.60 Å². The van der Waals surface area contributed by atoms with E-state index in [2.05, 4.69) is 11.4 Å². The van der Waals surface area contributed by atoms with Crippen molar-refractivity contribution in [3.63, 3.8) is 0 Å². The Balaban J connectivity index is 1.56. The van der Waals surface area contributed by atoms with E-state index in [9.17, 15) is 9.59 Å². The molecule has 1 N–H and O–H groups in total. The predicted octanol–water partition coefficient (Wildman–Crippen LogP) is 2.05. The van der Waals surface area contributed by atoms with E-state index in [1.807, 2.05) is 17.0 Å². The molecule has 152 valence electrons. The minimum absolute atomic E-state index is 0.00855. The number of ether oxygens (including phenoxy) is 3. The number of nitrogens with zero attached hydrogens (tertiary/aromatic N) is 1. The first-order valence-electron chi connectivity index (χ1n) is 10.0. The Labute approximate surface area is 165 Å². The van der Waals surface area contributed by atoms with Gasteiger partial charge in [0.25, 0.3) is 0 Å². The summed E-state index contributed by atoms with van der Waals surface area (Å²) in [6, 6.07) is 5.97. The number of rotatable bonds is 3. The van der Waals surface area contributed by atoms with Gasteiger partial charge in [-0.1, -0.05) is 12.1 Å². The van der Waals surface area contributed by atoms with Crippen molar-refractivity contribution in [2.45, 2.75) is 44.3 Å². The summed E-state index contributed by atoms with van der Waals surface area (Å²) >= 11 is 0. The molecule has 7 nitrogen and oxygen atoms in total. The number of nitrogens with one attached hydrogen (secondary N) is 1. The van der Waals surface area contributed by atoms with Gasteiger partial charge in [0.2, 0.25) is 11.8 Å². The second kappa shape index (κ2) is 7.62. The average Bonchev–Trinajstić information content (AvgIpc) is 2.72. The molecular formula is C21H28N2O5. The first kappa shape index (κ1) is 19.1. The lowest BCUT2D eigenvalue weighted by molar-refractivity contribution is -0.157. The van der Waals surface area contributed by atoms with Crippen LogP contribution < -0.4 is 14.8 Å². The van der Waals surface area contributed by atoms with Crippen molar-refractivity contribution in [1.29, 1.82) is 0 Å². The highest BCUT2D eigenvalue weighted by atomic mass is 16.5. The number of carbonyl (C=O) groups excluding carboxylic acids is 2. The highest BCUT2D eigenvalue weighted by molar-refractivity contribution is 5.83. The molecule has 0 aliphatic carbocycles. The zero-order valence-electron chi connectivity index (χ0n) is 16.5. The predicted molar refractivity (Wildman–Crippen MR) is 102 cm³/mol.